The summed E-state index contributed by atoms with van der Waals surface area (Å²) >= 11 is 0. The van der Waals surface area contributed by atoms with Gasteiger partial charge in [-0.15, -0.1) is 12.4 Å². The number of hydrogen-bond acceptors (Lipinski definition) is 3. The third kappa shape index (κ3) is 2.42. The summed E-state index contributed by atoms with van der Waals surface area (Å²) in [5.41, 5.74) is -0.616. The SMILES string of the molecule is Cl.OCC[C@]1(O)CCNC1. The number of aliphatic hydroxyl groups excluding tert-OH is 1. The lowest BCUT2D eigenvalue weighted by Crippen LogP contribution is -2.32. The van der Waals surface area contributed by atoms with Crippen molar-refractivity contribution in [1.82, 2.24) is 5.32 Å². The van der Waals surface area contributed by atoms with Crippen molar-refractivity contribution >= 4 is 12.4 Å². The number of rotatable bonds is 2. The molecule has 1 fully saturated rings. The van der Waals surface area contributed by atoms with Crippen LogP contribution < -0.4 is 5.32 Å². The lowest BCUT2D eigenvalue weighted by molar-refractivity contribution is 0.0348. The van der Waals surface area contributed by atoms with Gasteiger partial charge in [0.2, 0.25) is 0 Å². The fourth-order valence-corrected chi connectivity index (χ4v) is 1.15. The van der Waals surface area contributed by atoms with Gasteiger partial charge in [-0.1, -0.05) is 0 Å². The Balaban J connectivity index is 0.000000810. The van der Waals surface area contributed by atoms with Crippen LogP contribution in [0, 0.1) is 0 Å². The Morgan fingerprint density at radius 2 is 2.20 bits per heavy atom. The smallest absolute Gasteiger partial charge is 0.0805 e. The minimum atomic E-state index is -0.616. The first-order valence-electron chi connectivity index (χ1n) is 3.31. The molecule has 0 bridgehead atoms. The summed E-state index contributed by atoms with van der Waals surface area (Å²) in [6.07, 6.45) is 1.27. The van der Waals surface area contributed by atoms with Gasteiger partial charge in [-0.25, -0.2) is 0 Å². The zero-order valence-electron chi connectivity index (χ0n) is 5.84. The molecule has 0 saturated carbocycles. The summed E-state index contributed by atoms with van der Waals surface area (Å²) in [4.78, 5) is 0. The van der Waals surface area contributed by atoms with E-state index in [1.807, 2.05) is 0 Å². The molecule has 0 aromatic rings. The average molecular weight is 168 g/mol. The fourth-order valence-electron chi connectivity index (χ4n) is 1.15. The van der Waals surface area contributed by atoms with Crippen LogP contribution in [0.25, 0.3) is 0 Å². The summed E-state index contributed by atoms with van der Waals surface area (Å²) in [6, 6.07) is 0. The fraction of sp³-hybridized carbons (Fsp3) is 1.00. The number of hydrogen-bond donors (Lipinski definition) is 3. The van der Waals surface area contributed by atoms with Gasteiger partial charge < -0.3 is 15.5 Å². The van der Waals surface area contributed by atoms with Crippen LogP contribution in [0.4, 0.5) is 0 Å². The largest absolute Gasteiger partial charge is 0.396 e. The van der Waals surface area contributed by atoms with E-state index in [0.29, 0.717) is 13.0 Å². The highest BCUT2D eigenvalue weighted by molar-refractivity contribution is 5.85. The highest BCUT2D eigenvalue weighted by Crippen LogP contribution is 2.17. The zero-order valence-corrected chi connectivity index (χ0v) is 6.65. The number of halogens is 1. The Morgan fingerprint density at radius 1 is 1.50 bits per heavy atom. The molecular weight excluding hydrogens is 154 g/mol. The Kier molecular flexibility index (Phi) is 4.20. The van der Waals surface area contributed by atoms with E-state index in [4.69, 9.17) is 5.11 Å². The first-order chi connectivity index (χ1) is 4.27. The summed E-state index contributed by atoms with van der Waals surface area (Å²) in [6.45, 7) is 1.59. The number of nitrogens with one attached hydrogen (secondary N) is 1. The molecule has 0 spiro atoms. The van der Waals surface area contributed by atoms with Gasteiger partial charge in [-0.2, -0.15) is 0 Å². The maximum atomic E-state index is 9.47. The summed E-state index contributed by atoms with van der Waals surface area (Å²) in [5, 5.41) is 21.0. The highest BCUT2D eigenvalue weighted by atomic mass is 35.5. The van der Waals surface area contributed by atoms with E-state index in [-0.39, 0.29) is 19.0 Å². The van der Waals surface area contributed by atoms with Crippen LogP contribution in [0.3, 0.4) is 0 Å². The Labute approximate surface area is 66.8 Å². The van der Waals surface area contributed by atoms with Crippen molar-refractivity contribution in [2.75, 3.05) is 19.7 Å². The monoisotopic (exact) mass is 167 g/mol. The molecule has 0 aromatic heterocycles. The van der Waals surface area contributed by atoms with E-state index in [1.54, 1.807) is 0 Å². The van der Waals surface area contributed by atoms with Crippen LogP contribution in [-0.2, 0) is 0 Å². The van der Waals surface area contributed by atoms with E-state index in [2.05, 4.69) is 5.32 Å². The van der Waals surface area contributed by atoms with Crippen LogP contribution in [-0.4, -0.2) is 35.5 Å². The second-order valence-corrected chi connectivity index (χ2v) is 2.62. The summed E-state index contributed by atoms with van der Waals surface area (Å²) < 4.78 is 0. The van der Waals surface area contributed by atoms with Gasteiger partial charge in [0.25, 0.3) is 0 Å². The first-order valence-corrected chi connectivity index (χ1v) is 3.31. The van der Waals surface area contributed by atoms with Crippen LogP contribution in [0.15, 0.2) is 0 Å². The molecule has 0 radical (unpaired) electrons. The molecule has 1 rings (SSSR count). The third-order valence-electron chi connectivity index (χ3n) is 1.80. The Bertz CT molecular complexity index is 93.7. The molecule has 0 aliphatic carbocycles. The van der Waals surface area contributed by atoms with Gasteiger partial charge in [-0.05, 0) is 13.0 Å². The number of β-amino-alcohol motifs (C(OH)–C–C–N with tert-alkyl or cyclic N) is 1. The molecule has 3 N–H and O–H groups in total. The van der Waals surface area contributed by atoms with E-state index in [9.17, 15) is 5.11 Å². The van der Waals surface area contributed by atoms with Crippen molar-refractivity contribution in [2.24, 2.45) is 0 Å². The molecule has 10 heavy (non-hydrogen) atoms. The van der Waals surface area contributed by atoms with Crippen LogP contribution in [0.5, 0.6) is 0 Å². The van der Waals surface area contributed by atoms with Crippen molar-refractivity contribution in [3.63, 3.8) is 0 Å². The second-order valence-electron chi connectivity index (χ2n) is 2.62. The van der Waals surface area contributed by atoms with E-state index in [0.717, 1.165) is 13.0 Å². The van der Waals surface area contributed by atoms with E-state index in [1.165, 1.54) is 0 Å². The molecule has 62 valence electrons. The molecule has 1 heterocycles. The maximum Gasteiger partial charge on any atom is 0.0805 e. The predicted molar refractivity (Wildman–Crippen MR) is 41.4 cm³/mol. The minimum Gasteiger partial charge on any atom is -0.396 e. The lowest BCUT2D eigenvalue weighted by Gasteiger charge is -2.18. The van der Waals surface area contributed by atoms with Gasteiger partial charge in [0.1, 0.15) is 0 Å². The molecule has 4 heteroatoms. The Hall–Kier alpha value is 0.170. The molecular formula is C6H14ClNO2. The van der Waals surface area contributed by atoms with Gasteiger partial charge in [0, 0.05) is 19.6 Å². The predicted octanol–water partition coefficient (Wildman–Crippen LogP) is -0.485. The van der Waals surface area contributed by atoms with E-state index < -0.39 is 5.60 Å². The van der Waals surface area contributed by atoms with Crippen molar-refractivity contribution in [2.45, 2.75) is 18.4 Å². The van der Waals surface area contributed by atoms with Crippen molar-refractivity contribution in [3.8, 4) is 0 Å². The molecule has 0 unspecified atom stereocenters. The first kappa shape index (κ1) is 10.2. The molecule has 1 saturated heterocycles. The lowest BCUT2D eigenvalue weighted by atomic mass is 10.00. The number of aliphatic hydroxyl groups is 2. The topological polar surface area (TPSA) is 52.5 Å². The maximum absolute atomic E-state index is 9.47. The van der Waals surface area contributed by atoms with Gasteiger partial charge in [0.05, 0.1) is 5.60 Å². The molecule has 1 atom stereocenters. The normalized spacial score (nSPS) is 31.8. The summed E-state index contributed by atoms with van der Waals surface area (Å²) in [7, 11) is 0. The minimum absolute atomic E-state index is 0. The summed E-state index contributed by atoms with van der Waals surface area (Å²) in [5.74, 6) is 0. The second kappa shape index (κ2) is 4.13. The standard InChI is InChI=1S/C6H13NO2.ClH/c8-4-2-6(9)1-3-7-5-6;/h7-9H,1-5H2;1H/t6-;/m1./s1. The van der Waals surface area contributed by atoms with Crippen molar-refractivity contribution in [1.29, 1.82) is 0 Å². The third-order valence-corrected chi connectivity index (χ3v) is 1.80. The van der Waals surface area contributed by atoms with E-state index >= 15 is 0 Å². The molecule has 1 aliphatic rings. The average Bonchev–Trinajstić information content (AvgIpc) is 2.16. The molecule has 0 amide bonds. The van der Waals surface area contributed by atoms with Gasteiger partial charge >= 0.3 is 0 Å². The van der Waals surface area contributed by atoms with Crippen LogP contribution in [0.2, 0.25) is 0 Å². The Morgan fingerprint density at radius 3 is 2.60 bits per heavy atom. The molecule has 0 aromatic carbocycles. The molecule has 1 aliphatic heterocycles. The van der Waals surface area contributed by atoms with Crippen molar-refractivity contribution < 1.29 is 10.2 Å². The quantitative estimate of drug-likeness (QED) is 0.521. The van der Waals surface area contributed by atoms with Crippen LogP contribution in [0.1, 0.15) is 12.8 Å². The van der Waals surface area contributed by atoms with Crippen LogP contribution >= 0.6 is 12.4 Å². The molecule has 3 nitrogen and oxygen atoms in total. The van der Waals surface area contributed by atoms with Gasteiger partial charge in [0.15, 0.2) is 0 Å². The highest BCUT2D eigenvalue weighted by Gasteiger charge is 2.29. The zero-order chi connectivity index (χ0) is 6.74. The van der Waals surface area contributed by atoms with Gasteiger partial charge in [-0.3, -0.25) is 0 Å². The van der Waals surface area contributed by atoms with Crippen molar-refractivity contribution in [3.05, 3.63) is 0 Å².